The summed E-state index contributed by atoms with van der Waals surface area (Å²) in [5.74, 6) is -0.144. The number of rotatable bonds is 2. The van der Waals surface area contributed by atoms with Crippen molar-refractivity contribution >= 4 is 9.84 Å². The molecule has 0 saturated carbocycles. The molecule has 64 valence electrons. The highest BCUT2D eigenvalue weighted by atomic mass is 32.2. The van der Waals surface area contributed by atoms with Gasteiger partial charge in [0.2, 0.25) is 6.54 Å². The topological polar surface area (TPSA) is 77.3 Å². The second-order valence-electron chi connectivity index (χ2n) is 2.78. The van der Waals surface area contributed by atoms with E-state index in [9.17, 15) is 18.5 Å². The number of hydrogen-bond acceptors (Lipinski definition) is 4. The molecule has 1 aliphatic heterocycles. The van der Waals surface area contributed by atoms with E-state index in [1.807, 2.05) is 0 Å². The lowest BCUT2D eigenvalue weighted by atomic mass is 10.1. The van der Waals surface area contributed by atoms with E-state index in [4.69, 9.17) is 0 Å². The van der Waals surface area contributed by atoms with Gasteiger partial charge in [0, 0.05) is 10.8 Å². The van der Waals surface area contributed by atoms with Crippen LogP contribution in [0.15, 0.2) is 0 Å². The maximum absolute atomic E-state index is 10.8. The van der Waals surface area contributed by atoms with Gasteiger partial charge in [0.05, 0.1) is 11.5 Å². The maximum Gasteiger partial charge on any atom is 0.207 e. The van der Waals surface area contributed by atoms with E-state index in [1.54, 1.807) is 0 Å². The van der Waals surface area contributed by atoms with Crippen LogP contribution in [-0.2, 0) is 9.84 Å². The largest absolute Gasteiger partial charge is 0.265 e. The summed E-state index contributed by atoms with van der Waals surface area (Å²) in [5.41, 5.74) is 0. The van der Waals surface area contributed by atoms with Crippen molar-refractivity contribution < 1.29 is 13.3 Å². The normalized spacial score (nSPS) is 28.5. The van der Waals surface area contributed by atoms with Crippen LogP contribution in [0.5, 0.6) is 0 Å². The SMILES string of the molecule is O=[N+]([O-])CC1CCS(=O)(=O)C1. The Hall–Kier alpha value is -0.650. The molecule has 6 heteroatoms. The number of nitrogens with zero attached hydrogens (tertiary/aromatic N) is 1. The summed E-state index contributed by atoms with van der Waals surface area (Å²) < 4.78 is 21.6. The quantitative estimate of drug-likeness (QED) is 0.430. The molecule has 11 heavy (non-hydrogen) atoms. The lowest BCUT2D eigenvalue weighted by molar-refractivity contribution is -0.487. The lowest BCUT2D eigenvalue weighted by Gasteiger charge is -1.97. The van der Waals surface area contributed by atoms with Gasteiger partial charge in [0.15, 0.2) is 9.84 Å². The predicted octanol–water partition coefficient (Wildman–Crippen LogP) is -0.302. The lowest BCUT2D eigenvalue weighted by Crippen LogP contribution is -2.15. The number of nitro groups is 1. The van der Waals surface area contributed by atoms with Crippen LogP contribution >= 0.6 is 0 Å². The van der Waals surface area contributed by atoms with Crippen LogP contribution < -0.4 is 0 Å². The van der Waals surface area contributed by atoms with E-state index in [2.05, 4.69) is 0 Å². The second kappa shape index (κ2) is 2.77. The molecule has 0 aromatic carbocycles. The molecule has 0 aromatic heterocycles. The van der Waals surface area contributed by atoms with Crippen molar-refractivity contribution in [1.82, 2.24) is 0 Å². The molecular weight excluding hydrogens is 170 g/mol. The third kappa shape index (κ3) is 2.45. The van der Waals surface area contributed by atoms with Gasteiger partial charge < -0.3 is 0 Å². The van der Waals surface area contributed by atoms with Crippen LogP contribution in [0.4, 0.5) is 0 Å². The van der Waals surface area contributed by atoms with Crippen LogP contribution in [0.25, 0.3) is 0 Å². The maximum atomic E-state index is 10.8. The molecule has 0 amide bonds. The van der Waals surface area contributed by atoms with E-state index in [0.29, 0.717) is 6.42 Å². The van der Waals surface area contributed by atoms with Crippen molar-refractivity contribution in [2.75, 3.05) is 18.1 Å². The van der Waals surface area contributed by atoms with E-state index < -0.39 is 14.8 Å². The van der Waals surface area contributed by atoms with E-state index in [1.165, 1.54) is 0 Å². The molecule has 5 nitrogen and oxygen atoms in total. The number of sulfone groups is 1. The molecule has 1 unspecified atom stereocenters. The highest BCUT2D eigenvalue weighted by Crippen LogP contribution is 2.17. The summed E-state index contributed by atoms with van der Waals surface area (Å²) in [6.07, 6.45) is 0.448. The molecule has 0 N–H and O–H groups in total. The fourth-order valence-electron chi connectivity index (χ4n) is 1.23. The first-order chi connectivity index (χ1) is 4.99. The zero-order valence-corrected chi connectivity index (χ0v) is 6.71. The second-order valence-corrected chi connectivity index (χ2v) is 5.01. The van der Waals surface area contributed by atoms with Crippen molar-refractivity contribution in [3.05, 3.63) is 10.1 Å². The summed E-state index contributed by atoms with van der Waals surface area (Å²) in [5, 5.41) is 9.98. The minimum atomic E-state index is -2.95. The van der Waals surface area contributed by atoms with E-state index >= 15 is 0 Å². The van der Waals surface area contributed by atoms with Gasteiger partial charge in [-0.25, -0.2) is 8.42 Å². The molecular formula is C5H9NO4S. The van der Waals surface area contributed by atoms with Gasteiger partial charge in [0.1, 0.15) is 0 Å². The molecule has 0 aliphatic carbocycles. The van der Waals surface area contributed by atoms with Gasteiger partial charge >= 0.3 is 0 Å². The highest BCUT2D eigenvalue weighted by molar-refractivity contribution is 7.91. The van der Waals surface area contributed by atoms with Gasteiger partial charge in [-0.2, -0.15) is 0 Å². The van der Waals surface area contributed by atoms with E-state index in [-0.39, 0.29) is 24.0 Å². The average Bonchev–Trinajstić information content (AvgIpc) is 2.08. The first-order valence-corrected chi connectivity index (χ1v) is 5.14. The molecule has 1 aliphatic rings. The van der Waals surface area contributed by atoms with Gasteiger partial charge in [-0.15, -0.1) is 0 Å². The summed E-state index contributed by atoms with van der Waals surface area (Å²) in [7, 11) is -2.95. The molecule has 1 saturated heterocycles. The zero-order valence-electron chi connectivity index (χ0n) is 5.89. The highest BCUT2D eigenvalue weighted by Gasteiger charge is 2.30. The van der Waals surface area contributed by atoms with Gasteiger partial charge in [-0.3, -0.25) is 10.1 Å². The Balaban J connectivity index is 2.49. The van der Waals surface area contributed by atoms with Crippen LogP contribution in [0, 0.1) is 16.0 Å². The Bertz CT molecular complexity index is 258. The molecule has 1 atom stereocenters. The summed E-state index contributed by atoms with van der Waals surface area (Å²) >= 11 is 0. The Morgan fingerprint density at radius 1 is 1.55 bits per heavy atom. The third-order valence-electron chi connectivity index (χ3n) is 1.73. The van der Waals surface area contributed by atoms with Crippen molar-refractivity contribution in [1.29, 1.82) is 0 Å². The van der Waals surface area contributed by atoms with Crippen LogP contribution in [0.1, 0.15) is 6.42 Å². The van der Waals surface area contributed by atoms with Crippen molar-refractivity contribution in [2.24, 2.45) is 5.92 Å². The summed E-state index contributed by atoms with van der Waals surface area (Å²) in [6, 6.07) is 0. The minimum absolute atomic E-state index is 0.00597. The smallest absolute Gasteiger partial charge is 0.207 e. The first-order valence-electron chi connectivity index (χ1n) is 3.32. The van der Waals surface area contributed by atoms with Gasteiger partial charge in [0.25, 0.3) is 0 Å². The summed E-state index contributed by atoms with van der Waals surface area (Å²) in [6.45, 7) is -0.209. The monoisotopic (exact) mass is 179 g/mol. The Morgan fingerprint density at radius 3 is 2.55 bits per heavy atom. The fraction of sp³-hybridized carbons (Fsp3) is 1.00. The van der Waals surface area contributed by atoms with Crippen LogP contribution in [-0.4, -0.2) is 31.4 Å². The third-order valence-corrected chi connectivity index (χ3v) is 3.57. The molecule has 1 fully saturated rings. The zero-order chi connectivity index (χ0) is 8.48. The molecule has 1 rings (SSSR count). The molecule has 0 bridgehead atoms. The first kappa shape index (κ1) is 8.45. The van der Waals surface area contributed by atoms with Crippen molar-refractivity contribution in [3.8, 4) is 0 Å². The van der Waals surface area contributed by atoms with Gasteiger partial charge in [-0.05, 0) is 6.42 Å². The van der Waals surface area contributed by atoms with E-state index in [0.717, 1.165) is 0 Å². The van der Waals surface area contributed by atoms with Gasteiger partial charge in [-0.1, -0.05) is 0 Å². The Labute approximate surface area is 64.5 Å². The Kier molecular flexibility index (Phi) is 2.12. The van der Waals surface area contributed by atoms with Crippen LogP contribution in [0.3, 0.4) is 0 Å². The van der Waals surface area contributed by atoms with Crippen molar-refractivity contribution in [3.63, 3.8) is 0 Å². The fourth-order valence-corrected chi connectivity index (χ4v) is 3.08. The Morgan fingerprint density at radius 2 is 2.18 bits per heavy atom. The molecule has 0 radical (unpaired) electrons. The van der Waals surface area contributed by atoms with Crippen LogP contribution in [0.2, 0.25) is 0 Å². The number of hydrogen-bond donors (Lipinski definition) is 0. The predicted molar refractivity (Wildman–Crippen MR) is 38.6 cm³/mol. The minimum Gasteiger partial charge on any atom is -0.265 e. The summed E-state index contributed by atoms with van der Waals surface area (Å²) in [4.78, 5) is 9.52. The average molecular weight is 179 g/mol. The van der Waals surface area contributed by atoms with Crippen molar-refractivity contribution in [2.45, 2.75) is 6.42 Å². The molecule has 0 spiro atoms. The molecule has 1 heterocycles. The standard InChI is InChI=1S/C5H9NO4S/c7-6(8)3-5-1-2-11(9,10)4-5/h5H,1-4H2. The molecule has 0 aromatic rings.